The summed E-state index contributed by atoms with van der Waals surface area (Å²) in [5.41, 5.74) is 1.01. The first kappa shape index (κ1) is 17.7. The van der Waals surface area contributed by atoms with Gasteiger partial charge < -0.3 is 19.5 Å². The molecule has 0 amide bonds. The van der Waals surface area contributed by atoms with Crippen LogP contribution in [-0.2, 0) is 4.74 Å². The Morgan fingerprint density at radius 3 is 2.17 bits per heavy atom. The maximum atomic E-state index is 11.9. The number of halogens is 3. The Morgan fingerprint density at radius 1 is 0.957 bits per heavy atom. The van der Waals surface area contributed by atoms with Gasteiger partial charge in [0.15, 0.2) is 0 Å². The van der Waals surface area contributed by atoms with Gasteiger partial charge in [-0.1, -0.05) is 0 Å². The van der Waals surface area contributed by atoms with Crippen LogP contribution in [-0.4, -0.2) is 51.1 Å². The molecule has 0 saturated carbocycles. The van der Waals surface area contributed by atoms with E-state index in [1.807, 2.05) is 0 Å². The Labute approximate surface area is 133 Å². The normalized spacial score (nSPS) is 18.6. The van der Waals surface area contributed by atoms with Crippen molar-refractivity contribution in [1.29, 1.82) is 0 Å². The average Bonchev–Trinajstić information content (AvgIpc) is 2.55. The van der Waals surface area contributed by atoms with E-state index in [0.29, 0.717) is 0 Å². The lowest BCUT2D eigenvalue weighted by Crippen LogP contribution is -2.37. The van der Waals surface area contributed by atoms with Crippen molar-refractivity contribution in [1.82, 2.24) is 4.98 Å². The zero-order chi connectivity index (χ0) is 16.7. The molecule has 1 N–H and O–H groups in total. The number of hydrogen-bond donors (Lipinski definition) is 1. The fourth-order valence-corrected chi connectivity index (χ4v) is 2.82. The van der Waals surface area contributed by atoms with E-state index >= 15 is 0 Å². The van der Waals surface area contributed by atoms with Crippen LogP contribution in [0.2, 0.25) is 0 Å². The van der Waals surface area contributed by atoms with Crippen molar-refractivity contribution in [3.63, 3.8) is 0 Å². The fraction of sp³-hybridized carbons (Fsp3) is 0.667. The predicted octanol–water partition coefficient (Wildman–Crippen LogP) is 2.38. The molecule has 0 aromatic carbocycles. The quantitative estimate of drug-likeness (QED) is 0.903. The van der Waals surface area contributed by atoms with E-state index in [4.69, 9.17) is 4.74 Å². The summed E-state index contributed by atoms with van der Waals surface area (Å²) in [5, 5.41) is 0. The second-order valence-corrected chi connectivity index (χ2v) is 5.48. The smallest absolute Gasteiger partial charge is 0.378 e. The molecule has 3 heterocycles. The van der Waals surface area contributed by atoms with Crippen LogP contribution in [0.15, 0.2) is 16.9 Å². The molecule has 0 atom stereocenters. The highest BCUT2D eigenvalue weighted by molar-refractivity contribution is 5.55. The minimum absolute atomic E-state index is 0.00966. The summed E-state index contributed by atoms with van der Waals surface area (Å²) in [7, 11) is 0. The third-order valence-electron chi connectivity index (χ3n) is 3.89. The van der Waals surface area contributed by atoms with Gasteiger partial charge in [-0.05, 0) is 19.3 Å². The van der Waals surface area contributed by atoms with Crippen molar-refractivity contribution in [2.24, 2.45) is 0 Å². The number of H-pyrrole nitrogens is 1. The molecule has 0 bridgehead atoms. The number of rotatable bonds is 2. The Morgan fingerprint density at radius 2 is 1.57 bits per heavy atom. The number of piperidine rings is 1. The number of hydrogen-bond acceptors (Lipinski definition) is 4. The second-order valence-electron chi connectivity index (χ2n) is 5.48. The van der Waals surface area contributed by atoms with Gasteiger partial charge in [0.2, 0.25) is 0 Å². The molecule has 5 nitrogen and oxygen atoms in total. The Kier molecular flexibility index (Phi) is 6.76. The molecule has 0 aliphatic carbocycles. The summed E-state index contributed by atoms with van der Waals surface area (Å²) in [6.45, 7) is 1.63. The first-order chi connectivity index (χ1) is 11.1. The van der Waals surface area contributed by atoms with E-state index in [0.717, 1.165) is 50.9 Å². The van der Waals surface area contributed by atoms with Crippen molar-refractivity contribution >= 4 is 11.5 Å². The Hall–Kier alpha value is -1.70. The van der Waals surface area contributed by atoms with E-state index in [9.17, 15) is 18.0 Å². The fourth-order valence-electron chi connectivity index (χ4n) is 2.82. The zero-order valence-electron chi connectivity index (χ0n) is 12.9. The number of nitrogens with zero attached hydrogens (tertiary/aromatic N) is 2. The molecule has 130 valence electrons. The third-order valence-corrected chi connectivity index (χ3v) is 3.89. The van der Waals surface area contributed by atoms with Crippen LogP contribution in [0.1, 0.15) is 19.3 Å². The van der Waals surface area contributed by atoms with Crippen LogP contribution >= 0.6 is 0 Å². The molecule has 8 heteroatoms. The molecule has 23 heavy (non-hydrogen) atoms. The zero-order valence-corrected chi connectivity index (χ0v) is 12.9. The lowest BCUT2D eigenvalue weighted by atomic mass is 10.1. The Bertz CT molecular complexity index is 485. The van der Waals surface area contributed by atoms with Gasteiger partial charge in [0.25, 0.3) is 5.56 Å². The van der Waals surface area contributed by atoms with Crippen LogP contribution < -0.4 is 15.4 Å². The van der Waals surface area contributed by atoms with Crippen LogP contribution in [0.4, 0.5) is 24.7 Å². The van der Waals surface area contributed by atoms with Gasteiger partial charge in [0, 0.05) is 44.0 Å². The largest absolute Gasteiger partial charge is 0.379 e. The monoisotopic (exact) mass is 333 g/mol. The Balaban J connectivity index is 0.000000433. The minimum atomic E-state index is -3.67. The van der Waals surface area contributed by atoms with Gasteiger partial charge >= 0.3 is 6.68 Å². The standard InChI is InChI=1S/C14H21N3O2.CHF3/c18-14-11-12(16-6-8-19-9-7-16)10-13(15-14)17-4-2-1-3-5-17;2-1(3)4/h10-11H,1-9H2,(H,15,18);1H. The van der Waals surface area contributed by atoms with Crippen molar-refractivity contribution in [2.75, 3.05) is 49.2 Å². The van der Waals surface area contributed by atoms with Gasteiger partial charge in [-0.25, -0.2) is 0 Å². The van der Waals surface area contributed by atoms with Crippen LogP contribution in [0, 0.1) is 0 Å². The maximum Gasteiger partial charge on any atom is 0.379 e. The molecule has 2 fully saturated rings. The number of pyridine rings is 1. The summed E-state index contributed by atoms with van der Waals surface area (Å²) < 4.78 is 34.4. The number of alkyl halides is 3. The van der Waals surface area contributed by atoms with Gasteiger partial charge in [0.05, 0.1) is 13.2 Å². The number of morpholine rings is 1. The van der Waals surface area contributed by atoms with Crippen molar-refractivity contribution in [2.45, 2.75) is 25.9 Å². The van der Waals surface area contributed by atoms with Gasteiger partial charge in [-0.2, -0.15) is 13.2 Å². The molecule has 1 aromatic rings. The first-order valence-electron chi connectivity index (χ1n) is 7.80. The molecule has 2 saturated heterocycles. The van der Waals surface area contributed by atoms with Gasteiger partial charge in [-0.3, -0.25) is 4.79 Å². The summed E-state index contributed by atoms with van der Waals surface area (Å²) in [6, 6.07) is 3.80. The molecule has 0 unspecified atom stereocenters. The molecule has 0 spiro atoms. The molecule has 3 rings (SSSR count). The molecule has 1 aromatic heterocycles. The lowest BCUT2D eigenvalue weighted by Gasteiger charge is -2.31. The van der Waals surface area contributed by atoms with Crippen molar-refractivity contribution < 1.29 is 17.9 Å². The van der Waals surface area contributed by atoms with Gasteiger partial charge in [0.1, 0.15) is 5.82 Å². The number of ether oxygens (including phenoxy) is 1. The minimum Gasteiger partial charge on any atom is -0.378 e. The van der Waals surface area contributed by atoms with Crippen LogP contribution in [0.5, 0.6) is 0 Å². The van der Waals surface area contributed by atoms with Crippen LogP contribution in [0.25, 0.3) is 0 Å². The van der Waals surface area contributed by atoms with E-state index in [-0.39, 0.29) is 5.56 Å². The summed E-state index contributed by atoms with van der Waals surface area (Å²) >= 11 is 0. The number of anilines is 2. The topological polar surface area (TPSA) is 48.6 Å². The SMILES string of the molecule is FC(F)F.O=c1cc(N2CCOCC2)cc(N2CCCCC2)[nH]1. The predicted molar refractivity (Wildman–Crippen MR) is 83.3 cm³/mol. The highest BCUT2D eigenvalue weighted by Crippen LogP contribution is 2.22. The van der Waals surface area contributed by atoms with E-state index in [2.05, 4.69) is 20.9 Å². The average molecular weight is 333 g/mol. The molecular formula is C15H22F3N3O2. The third kappa shape index (κ3) is 5.78. The molecule has 2 aliphatic heterocycles. The number of aromatic nitrogens is 1. The summed E-state index contributed by atoms with van der Waals surface area (Å²) in [6.07, 6.45) is 3.72. The van der Waals surface area contributed by atoms with Crippen LogP contribution in [0.3, 0.4) is 0 Å². The number of nitrogens with one attached hydrogen (secondary N) is 1. The molecular weight excluding hydrogens is 311 g/mol. The number of aromatic amines is 1. The maximum absolute atomic E-state index is 11.9. The van der Waals surface area contributed by atoms with Crippen molar-refractivity contribution in [3.05, 3.63) is 22.5 Å². The van der Waals surface area contributed by atoms with E-state index in [1.165, 1.54) is 19.3 Å². The summed E-state index contributed by atoms with van der Waals surface area (Å²) in [4.78, 5) is 19.3. The first-order valence-corrected chi connectivity index (χ1v) is 7.80. The molecule has 2 aliphatic rings. The van der Waals surface area contributed by atoms with E-state index < -0.39 is 6.68 Å². The summed E-state index contributed by atoms with van der Waals surface area (Å²) in [5.74, 6) is 0.966. The van der Waals surface area contributed by atoms with Crippen molar-refractivity contribution in [3.8, 4) is 0 Å². The van der Waals surface area contributed by atoms with E-state index in [1.54, 1.807) is 6.07 Å². The van der Waals surface area contributed by atoms with Gasteiger partial charge in [-0.15, -0.1) is 0 Å². The highest BCUT2D eigenvalue weighted by atomic mass is 19.4. The highest BCUT2D eigenvalue weighted by Gasteiger charge is 2.16. The molecule has 0 radical (unpaired) electrons. The second kappa shape index (κ2) is 8.81. The lowest BCUT2D eigenvalue weighted by molar-refractivity contribution is 0.00819.